The number of fused-ring (bicyclic) bond motifs is 1. The first-order chi connectivity index (χ1) is 14.1. The van der Waals surface area contributed by atoms with Gasteiger partial charge in [-0.3, -0.25) is 4.90 Å². The molecule has 1 fully saturated rings. The van der Waals surface area contributed by atoms with Gasteiger partial charge >= 0.3 is 5.97 Å². The average Bonchev–Trinajstić information content (AvgIpc) is 3.34. The Hall–Kier alpha value is -2.95. The van der Waals surface area contributed by atoms with Gasteiger partial charge in [-0.1, -0.05) is 6.07 Å². The molecule has 0 saturated carbocycles. The Morgan fingerprint density at radius 2 is 2.28 bits per heavy atom. The van der Waals surface area contributed by atoms with Gasteiger partial charge in [0.05, 0.1) is 17.2 Å². The van der Waals surface area contributed by atoms with E-state index in [0.717, 1.165) is 48.4 Å². The highest BCUT2D eigenvalue weighted by Crippen LogP contribution is 2.30. The van der Waals surface area contributed by atoms with E-state index in [2.05, 4.69) is 21.3 Å². The number of aliphatic hydroxyl groups excluding tert-OH is 1. The van der Waals surface area contributed by atoms with Crippen LogP contribution in [0.3, 0.4) is 0 Å². The molecule has 3 heterocycles. The smallest absolute Gasteiger partial charge is 0.338 e. The van der Waals surface area contributed by atoms with Crippen LogP contribution in [0.15, 0.2) is 30.5 Å². The number of aliphatic hydroxyl groups is 1. The van der Waals surface area contributed by atoms with Crippen LogP contribution in [0.2, 0.25) is 0 Å². The summed E-state index contributed by atoms with van der Waals surface area (Å²) in [4.78, 5) is 18.3. The van der Waals surface area contributed by atoms with Gasteiger partial charge in [0.25, 0.3) is 0 Å². The molecule has 1 aromatic carbocycles. The summed E-state index contributed by atoms with van der Waals surface area (Å²) in [5.41, 5.74) is 3.83. The maximum absolute atomic E-state index is 11.7. The van der Waals surface area contributed by atoms with Crippen molar-refractivity contribution in [1.29, 1.82) is 5.26 Å². The lowest BCUT2D eigenvalue weighted by atomic mass is 9.95. The van der Waals surface area contributed by atoms with Crippen molar-refractivity contribution in [3.63, 3.8) is 0 Å². The van der Waals surface area contributed by atoms with Gasteiger partial charge in [-0.15, -0.1) is 0 Å². The SMILES string of the molecule is Cc1c(C(O)CN2CCCC2CNc2ccc(C#N)cn2)ccc2c1COC2=O. The molecule has 29 heavy (non-hydrogen) atoms. The molecule has 2 unspecified atom stereocenters. The fraction of sp³-hybridized carbons (Fsp3) is 0.409. The molecule has 150 valence electrons. The minimum Gasteiger partial charge on any atom is -0.457 e. The molecular weight excluding hydrogens is 368 g/mol. The highest BCUT2D eigenvalue weighted by Gasteiger charge is 2.29. The number of benzene rings is 1. The topological polar surface area (TPSA) is 98.5 Å². The fourth-order valence-corrected chi connectivity index (χ4v) is 4.20. The number of likely N-dealkylation sites (tertiary alicyclic amines) is 1. The molecule has 2 aromatic rings. The maximum atomic E-state index is 11.7. The zero-order valence-electron chi connectivity index (χ0n) is 16.4. The number of cyclic esters (lactones) is 1. The lowest BCUT2D eigenvalue weighted by Crippen LogP contribution is -2.38. The van der Waals surface area contributed by atoms with Gasteiger partial charge in [-0.2, -0.15) is 5.26 Å². The Labute approximate surface area is 169 Å². The first-order valence-electron chi connectivity index (χ1n) is 9.88. The molecule has 2 atom stereocenters. The van der Waals surface area contributed by atoms with Crippen molar-refractivity contribution in [2.24, 2.45) is 0 Å². The Morgan fingerprint density at radius 3 is 3.03 bits per heavy atom. The number of carbonyl (C=O) groups is 1. The van der Waals surface area contributed by atoms with Crippen LogP contribution in [0.1, 0.15) is 51.6 Å². The van der Waals surface area contributed by atoms with Crippen molar-refractivity contribution in [2.75, 3.05) is 25.0 Å². The van der Waals surface area contributed by atoms with Gasteiger partial charge in [0, 0.05) is 30.9 Å². The number of aromatic nitrogens is 1. The van der Waals surface area contributed by atoms with Gasteiger partial charge in [0.15, 0.2) is 0 Å². The van der Waals surface area contributed by atoms with Gasteiger partial charge < -0.3 is 15.2 Å². The van der Waals surface area contributed by atoms with Crippen LogP contribution in [0.5, 0.6) is 0 Å². The second-order valence-electron chi connectivity index (χ2n) is 7.61. The van der Waals surface area contributed by atoms with E-state index in [4.69, 9.17) is 10.00 Å². The molecule has 1 aromatic heterocycles. The summed E-state index contributed by atoms with van der Waals surface area (Å²) in [7, 11) is 0. The second-order valence-corrected chi connectivity index (χ2v) is 7.61. The normalized spacial score (nSPS) is 19.5. The minimum absolute atomic E-state index is 0.286. The van der Waals surface area contributed by atoms with Gasteiger partial charge in [0.1, 0.15) is 18.5 Å². The number of anilines is 1. The quantitative estimate of drug-likeness (QED) is 0.729. The van der Waals surface area contributed by atoms with Crippen molar-refractivity contribution < 1.29 is 14.6 Å². The number of nitrogens with zero attached hydrogens (tertiary/aromatic N) is 3. The number of hydrogen-bond acceptors (Lipinski definition) is 7. The van der Waals surface area contributed by atoms with Crippen molar-refractivity contribution in [1.82, 2.24) is 9.88 Å². The van der Waals surface area contributed by atoms with E-state index >= 15 is 0 Å². The van der Waals surface area contributed by atoms with Crippen molar-refractivity contribution in [3.8, 4) is 6.07 Å². The van der Waals surface area contributed by atoms with Crippen LogP contribution in [-0.4, -0.2) is 46.6 Å². The van der Waals surface area contributed by atoms with E-state index < -0.39 is 6.10 Å². The summed E-state index contributed by atoms with van der Waals surface area (Å²) >= 11 is 0. The van der Waals surface area contributed by atoms with Crippen LogP contribution in [0.25, 0.3) is 0 Å². The molecule has 2 aliphatic heterocycles. The van der Waals surface area contributed by atoms with Crippen LogP contribution < -0.4 is 5.32 Å². The molecule has 2 N–H and O–H groups in total. The maximum Gasteiger partial charge on any atom is 0.338 e. The molecule has 0 aliphatic carbocycles. The number of hydrogen-bond donors (Lipinski definition) is 2. The monoisotopic (exact) mass is 392 g/mol. The van der Waals surface area contributed by atoms with Crippen LogP contribution in [-0.2, 0) is 11.3 Å². The molecule has 7 heteroatoms. The molecule has 0 bridgehead atoms. The molecular formula is C22H24N4O3. The van der Waals surface area contributed by atoms with E-state index in [1.54, 1.807) is 18.3 Å². The van der Waals surface area contributed by atoms with E-state index in [9.17, 15) is 9.90 Å². The average molecular weight is 392 g/mol. The lowest BCUT2D eigenvalue weighted by molar-refractivity contribution is 0.0535. The van der Waals surface area contributed by atoms with Crippen molar-refractivity contribution >= 4 is 11.8 Å². The standard InChI is InChI=1S/C22H24N4O3/c1-14-17(5-6-18-19(14)13-29-22(18)28)20(27)12-26-8-2-3-16(26)11-25-21-7-4-15(9-23)10-24-21/h4-7,10,16,20,27H,2-3,8,11-13H2,1H3,(H,24,25). The Balaban J connectivity index is 1.39. The second kappa shape index (κ2) is 8.19. The summed E-state index contributed by atoms with van der Waals surface area (Å²) in [6, 6.07) is 9.53. The van der Waals surface area contributed by atoms with Gasteiger partial charge in [-0.25, -0.2) is 9.78 Å². The Morgan fingerprint density at radius 1 is 1.41 bits per heavy atom. The number of carbonyl (C=O) groups excluding carboxylic acids is 1. The van der Waals surface area contributed by atoms with Crippen LogP contribution >= 0.6 is 0 Å². The van der Waals surface area contributed by atoms with Crippen molar-refractivity contribution in [2.45, 2.75) is 38.5 Å². The molecule has 4 rings (SSSR count). The first-order valence-corrected chi connectivity index (χ1v) is 9.88. The van der Waals surface area contributed by atoms with E-state index in [1.807, 2.05) is 19.1 Å². The third-order valence-corrected chi connectivity index (χ3v) is 5.88. The zero-order valence-corrected chi connectivity index (χ0v) is 16.4. The summed E-state index contributed by atoms with van der Waals surface area (Å²) in [5.74, 6) is 0.460. The zero-order chi connectivity index (χ0) is 20.4. The predicted molar refractivity (Wildman–Crippen MR) is 107 cm³/mol. The molecule has 2 aliphatic rings. The number of pyridine rings is 1. The van der Waals surface area contributed by atoms with Crippen molar-refractivity contribution in [3.05, 3.63) is 58.3 Å². The van der Waals surface area contributed by atoms with Crippen LogP contribution in [0.4, 0.5) is 5.82 Å². The largest absolute Gasteiger partial charge is 0.457 e. The van der Waals surface area contributed by atoms with Crippen LogP contribution in [0, 0.1) is 18.3 Å². The lowest BCUT2D eigenvalue weighted by Gasteiger charge is -2.28. The molecule has 0 radical (unpaired) electrons. The Bertz CT molecular complexity index is 952. The highest BCUT2D eigenvalue weighted by molar-refractivity contribution is 5.93. The number of nitriles is 1. The van der Waals surface area contributed by atoms with Gasteiger partial charge in [-0.05, 0) is 55.6 Å². The number of β-amino-alcohol motifs (C(OH)–C–C–N with tert-alkyl or cyclic N) is 1. The number of rotatable bonds is 6. The van der Waals surface area contributed by atoms with Gasteiger partial charge in [0.2, 0.25) is 0 Å². The molecule has 0 spiro atoms. The first kappa shape index (κ1) is 19.4. The summed E-state index contributed by atoms with van der Waals surface area (Å²) in [5, 5.41) is 23.1. The third kappa shape index (κ3) is 3.95. The summed E-state index contributed by atoms with van der Waals surface area (Å²) < 4.78 is 5.11. The fourth-order valence-electron chi connectivity index (χ4n) is 4.20. The third-order valence-electron chi connectivity index (χ3n) is 5.88. The molecule has 1 saturated heterocycles. The summed E-state index contributed by atoms with van der Waals surface area (Å²) in [6.07, 6.45) is 3.08. The molecule has 0 amide bonds. The number of nitrogens with one attached hydrogen (secondary N) is 1. The number of esters is 1. The Kier molecular flexibility index (Phi) is 5.47. The van der Waals surface area contributed by atoms with E-state index in [1.165, 1.54) is 0 Å². The van der Waals surface area contributed by atoms with E-state index in [0.29, 0.717) is 23.7 Å². The predicted octanol–water partition coefficient (Wildman–Crippen LogP) is 2.54. The minimum atomic E-state index is -0.621. The summed E-state index contributed by atoms with van der Waals surface area (Å²) in [6.45, 7) is 4.45. The number of ether oxygens (including phenoxy) is 1. The molecule has 7 nitrogen and oxygen atoms in total. The highest BCUT2D eigenvalue weighted by atomic mass is 16.5. The van der Waals surface area contributed by atoms with E-state index in [-0.39, 0.29) is 12.6 Å².